The van der Waals surface area contributed by atoms with Gasteiger partial charge in [-0.3, -0.25) is 9.48 Å². The molecule has 1 atom stereocenters. The van der Waals surface area contributed by atoms with Gasteiger partial charge < -0.3 is 19.5 Å². The lowest BCUT2D eigenvalue weighted by molar-refractivity contribution is -0.155. The van der Waals surface area contributed by atoms with E-state index in [9.17, 15) is 9.59 Å². The van der Waals surface area contributed by atoms with E-state index in [4.69, 9.17) is 14.2 Å². The first-order valence-electron chi connectivity index (χ1n) is 9.20. The second-order valence-corrected chi connectivity index (χ2v) is 6.49. The Morgan fingerprint density at radius 2 is 2.00 bits per heavy atom. The van der Waals surface area contributed by atoms with E-state index < -0.39 is 18.0 Å². The molecule has 2 aromatic rings. The number of carbonyl (C=O) groups is 2. The number of esters is 1. The Morgan fingerprint density at radius 3 is 2.59 bits per heavy atom. The van der Waals surface area contributed by atoms with Crippen LogP contribution in [0.4, 0.5) is 5.69 Å². The summed E-state index contributed by atoms with van der Waals surface area (Å²) in [6.45, 7) is 6.71. The highest BCUT2D eigenvalue weighted by atomic mass is 16.6. The van der Waals surface area contributed by atoms with E-state index >= 15 is 0 Å². The summed E-state index contributed by atoms with van der Waals surface area (Å²) in [7, 11) is 3.31. The molecule has 0 bridgehead atoms. The highest BCUT2D eigenvalue weighted by Crippen LogP contribution is 2.28. The molecular weight excluding hydrogens is 374 g/mol. The van der Waals surface area contributed by atoms with Crippen molar-refractivity contribution in [3.63, 3.8) is 0 Å². The van der Waals surface area contributed by atoms with Crippen LogP contribution in [0.2, 0.25) is 0 Å². The topological polar surface area (TPSA) is 91.7 Å². The molecule has 1 aromatic heterocycles. The molecular formula is C21H27N3O5. The minimum absolute atomic E-state index is 0.345. The summed E-state index contributed by atoms with van der Waals surface area (Å²) in [5, 5.41) is 6.99. The summed E-state index contributed by atoms with van der Waals surface area (Å²) in [6.07, 6.45) is 2.85. The Kier molecular flexibility index (Phi) is 7.41. The minimum atomic E-state index is -0.982. The second kappa shape index (κ2) is 9.77. The standard InChI is InChI=1S/C21H27N3O5/c1-7-8-16-9-10-17(18(11-16)27-6)28-12-19(25)29-15(4)21(26)22-20-13(2)23-24(5)14(20)3/h7-11,15H,12H2,1-6H3,(H,22,26)/b8-7+. The van der Waals surface area contributed by atoms with Gasteiger partial charge in [0.25, 0.3) is 5.91 Å². The van der Waals surface area contributed by atoms with Gasteiger partial charge in [-0.25, -0.2) is 4.79 Å². The molecule has 29 heavy (non-hydrogen) atoms. The number of rotatable bonds is 8. The number of aromatic nitrogens is 2. The maximum Gasteiger partial charge on any atom is 0.344 e. The SMILES string of the molecule is C/C=C/c1ccc(OCC(=O)OC(C)C(=O)Nc2c(C)nn(C)c2C)c(OC)c1. The summed E-state index contributed by atoms with van der Waals surface area (Å²) < 4.78 is 17.6. The fraction of sp³-hybridized carbons (Fsp3) is 0.381. The molecule has 1 aromatic carbocycles. The largest absolute Gasteiger partial charge is 0.493 e. The molecule has 2 rings (SSSR count). The Balaban J connectivity index is 1.92. The number of carbonyl (C=O) groups excluding carboxylic acids is 2. The Morgan fingerprint density at radius 1 is 1.28 bits per heavy atom. The van der Waals surface area contributed by atoms with E-state index in [1.54, 1.807) is 30.8 Å². The zero-order valence-electron chi connectivity index (χ0n) is 17.6. The predicted molar refractivity (Wildman–Crippen MR) is 110 cm³/mol. The molecule has 0 aliphatic rings. The number of nitrogens with one attached hydrogen (secondary N) is 1. The zero-order chi connectivity index (χ0) is 21.6. The van der Waals surface area contributed by atoms with E-state index in [0.29, 0.717) is 22.9 Å². The van der Waals surface area contributed by atoms with Gasteiger partial charge in [0.15, 0.2) is 24.2 Å². The van der Waals surface area contributed by atoms with Crippen molar-refractivity contribution in [2.75, 3.05) is 19.0 Å². The number of nitrogens with zero attached hydrogens (tertiary/aromatic N) is 2. The summed E-state index contributed by atoms with van der Waals surface area (Å²) in [5.74, 6) is -0.184. The van der Waals surface area contributed by atoms with Crippen molar-refractivity contribution in [3.05, 3.63) is 41.2 Å². The molecule has 0 aliphatic carbocycles. The lowest BCUT2D eigenvalue weighted by atomic mass is 10.2. The molecule has 0 fully saturated rings. The fourth-order valence-electron chi connectivity index (χ4n) is 2.70. The van der Waals surface area contributed by atoms with Gasteiger partial charge in [0.1, 0.15) is 0 Å². The number of amides is 1. The summed E-state index contributed by atoms with van der Waals surface area (Å²) >= 11 is 0. The first-order valence-corrected chi connectivity index (χ1v) is 9.20. The average Bonchev–Trinajstić information content (AvgIpc) is 2.92. The van der Waals surface area contributed by atoms with Crippen LogP contribution in [0.1, 0.15) is 30.8 Å². The maximum absolute atomic E-state index is 12.3. The van der Waals surface area contributed by atoms with Crippen LogP contribution in [0.3, 0.4) is 0 Å². The van der Waals surface area contributed by atoms with Crippen LogP contribution in [0.25, 0.3) is 6.08 Å². The van der Waals surface area contributed by atoms with Gasteiger partial charge in [-0.2, -0.15) is 5.10 Å². The van der Waals surface area contributed by atoms with E-state index in [2.05, 4.69) is 10.4 Å². The Hall–Kier alpha value is -3.29. The molecule has 0 saturated carbocycles. The average molecular weight is 401 g/mol. The number of methoxy groups -OCH3 is 1. The highest BCUT2D eigenvalue weighted by Gasteiger charge is 2.21. The molecule has 1 N–H and O–H groups in total. The Bertz CT molecular complexity index is 917. The van der Waals surface area contributed by atoms with Crippen LogP contribution in [0.5, 0.6) is 11.5 Å². The monoisotopic (exact) mass is 401 g/mol. The van der Waals surface area contributed by atoms with Crippen molar-refractivity contribution in [2.45, 2.75) is 33.8 Å². The fourth-order valence-corrected chi connectivity index (χ4v) is 2.70. The predicted octanol–water partition coefficient (Wildman–Crippen LogP) is 3.03. The van der Waals surface area contributed by atoms with Gasteiger partial charge in [0.2, 0.25) is 0 Å². The minimum Gasteiger partial charge on any atom is -0.493 e. The van der Waals surface area contributed by atoms with Crippen molar-refractivity contribution in [2.24, 2.45) is 7.05 Å². The van der Waals surface area contributed by atoms with Crippen LogP contribution in [-0.2, 0) is 21.4 Å². The summed E-state index contributed by atoms with van der Waals surface area (Å²) in [6, 6.07) is 5.36. The summed E-state index contributed by atoms with van der Waals surface area (Å²) in [4.78, 5) is 24.4. The van der Waals surface area contributed by atoms with Gasteiger partial charge in [-0.1, -0.05) is 18.2 Å². The van der Waals surface area contributed by atoms with Crippen LogP contribution in [-0.4, -0.2) is 41.5 Å². The van der Waals surface area contributed by atoms with Crippen LogP contribution >= 0.6 is 0 Å². The van der Waals surface area contributed by atoms with Crippen molar-refractivity contribution < 1.29 is 23.8 Å². The number of hydrogen-bond acceptors (Lipinski definition) is 6. The number of anilines is 1. The molecule has 1 amide bonds. The first kappa shape index (κ1) is 22.0. The third-order valence-corrected chi connectivity index (χ3v) is 4.33. The summed E-state index contributed by atoms with van der Waals surface area (Å²) in [5.41, 5.74) is 3.06. The first-order chi connectivity index (χ1) is 13.8. The third kappa shape index (κ3) is 5.60. The van der Waals surface area contributed by atoms with Crippen molar-refractivity contribution in [1.29, 1.82) is 0 Å². The van der Waals surface area contributed by atoms with Crippen LogP contribution in [0.15, 0.2) is 24.3 Å². The van der Waals surface area contributed by atoms with Crippen molar-refractivity contribution in [3.8, 4) is 11.5 Å². The number of hydrogen-bond donors (Lipinski definition) is 1. The van der Waals surface area contributed by atoms with Crippen LogP contribution < -0.4 is 14.8 Å². The van der Waals surface area contributed by atoms with E-state index in [1.165, 1.54) is 14.0 Å². The molecule has 1 unspecified atom stereocenters. The number of benzene rings is 1. The Labute approximate surface area is 170 Å². The smallest absolute Gasteiger partial charge is 0.344 e. The lowest BCUT2D eigenvalue weighted by Gasteiger charge is -2.15. The maximum atomic E-state index is 12.3. The number of allylic oxidation sites excluding steroid dienone is 1. The quantitative estimate of drug-likeness (QED) is 0.684. The molecule has 0 radical (unpaired) electrons. The second-order valence-electron chi connectivity index (χ2n) is 6.49. The highest BCUT2D eigenvalue weighted by molar-refractivity contribution is 5.96. The van der Waals surface area contributed by atoms with Crippen molar-refractivity contribution in [1.82, 2.24) is 9.78 Å². The van der Waals surface area contributed by atoms with Gasteiger partial charge in [0, 0.05) is 7.05 Å². The van der Waals surface area contributed by atoms with Gasteiger partial charge in [0.05, 0.1) is 24.2 Å². The number of ether oxygens (including phenoxy) is 3. The third-order valence-electron chi connectivity index (χ3n) is 4.33. The molecule has 156 valence electrons. The van der Waals surface area contributed by atoms with E-state index in [1.807, 2.05) is 32.1 Å². The van der Waals surface area contributed by atoms with Gasteiger partial charge >= 0.3 is 5.97 Å². The van der Waals surface area contributed by atoms with E-state index in [-0.39, 0.29) is 6.61 Å². The lowest BCUT2D eigenvalue weighted by Crippen LogP contribution is -2.32. The molecule has 0 aliphatic heterocycles. The molecule has 8 nitrogen and oxygen atoms in total. The van der Waals surface area contributed by atoms with Crippen molar-refractivity contribution >= 4 is 23.6 Å². The molecule has 1 heterocycles. The molecule has 0 saturated heterocycles. The van der Waals surface area contributed by atoms with Gasteiger partial charge in [-0.05, 0) is 45.4 Å². The molecule has 8 heteroatoms. The number of aryl methyl sites for hydroxylation is 2. The molecule has 0 spiro atoms. The van der Waals surface area contributed by atoms with Crippen LogP contribution in [0, 0.1) is 13.8 Å². The zero-order valence-corrected chi connectivity index (χ0v) is 17.6. The van der Waals surface area contributed by atoms with Gasteiger partial charge in [-0.15, -0.1) is 0 Å². The van der Waals surface area contributed by atoms with E-state index in [0.717, 1.165) is 11.3 Å². The normalized spacial score (nSPS) is 11.9.